The van der Waals surface area contributed by atoms with E-state index in [0.29, 0.717) is 28.9 Å². The number of hydrogen-bond acceptors (Lipinski definition) is 6. The molecule has 8 heteroatoms. The minimum atomic E-state index is -0.307. The standard InChI is InChI=1S/C23H20ClFN4O2/c1-30-12-15-8-21-18(10-20(15)26)23(28-13-27-21)29-17-5-6-22(19(24)9-17)31-11-14-3-2-4-16(25)7-14/h2-10,13H,11-12,26H2,1H3,(H,27,28,29). The van der Waals surface area contributed by atoms with E-state index in [1.807, 2.05) is 18.2 Å². The van der Waals surface area contributed by atoms with Gasteiger partial charge >= 0.3 is 0 Å². The van der Waals surface area contributed by atoms with Gasteiger partial charge in [0.05, 0.1) is 17.1 Å². The highest BCUT2D eigenvalue weighted by Crippen LogP contribution is 2.32. The Kier molecular flexibility index (Phi) is 6.16. The molecule has 0 unspecified atom stereocenters. The van der Waals surface area contributed by atoms with Crippen LogP contribution in [0.25, 0.3) is 10.9 Å². The summed E-state index contributed by atoms with van der Waals surface area (Å²) >= 11 is 6.39. The first-order valence-corrected chi connectivity index (χ1v) is 9.87. The molecular weight excluding hydrogens is 419 g/mol. The highest BCUT2D eigenvalue weighted by atomic mass is 35.5. The van der Waals surface area contributed by atoms with Gasteiger partial charge in [0, 0.05) is 29.4 Å². The smallest absolute Gasteiger partial charge is 0.141 e. The maximum absolute atomic E-state index is 13.3. The molecule has 4 aromatic rings. The first-order chi connectivity index (χ1) is 15.0. The van der Waals surface area contributed by atoms with Crippen LogP contribution in [0, 0.1) is 5.82 Å². The van der Waals surface area contributed by atoms with Crippen LogP contribution in [0.5, 0.6) is 5.75 Å². The number of nitrogens with zero attached hydrogens (tertiary/aromatic N) is 2. The lowest BCUT2D eigenvalue weighted by atomic mass is 10.1. The second-order valence-corrected chi connectivity index (χ2v) is 7.32. The number of fused-ring (bicyclic) bond motifs is 1. The molecule has 158 valence electrons. The van der Waals surface area contributed by atoms with Gasteiger partial charge in [-0.3, -0.25) is 0 Å². The minimum absolute atomic E-state index is 0.212. The summed E-state index contributed by atoms with van der Waals surface area (Å²) in [6, 6.07) is 15.3. The van der Waals surface area contributed by atoms with Crippen LogP contribution < -0.4 is 15.8 Å². The van der Waals surface area contributed by atoms with E-state index in [9.17, 15) is 4.39 Å². The number of aromatic nitrogens is 2. The van der Waals surface area contributed by atoms with Gasteiger partial charge in [-0.05, 0) is 48.0 Å². The number of nitrogens with one attached hydrogen (secondary N) is 1. The van der Waals surface area contributed by atoms with Crippen molar-refractivity contribution in [2.45, 2.75) is 13.2 Å². The lowest BCUT2D eigenvalue weighted by molar-refractivity contribution is 0.185. The third-order valence-corrected chi connectivity index (χ3v) is 4.97. The molecule has 1 aromatic heterocycles. The Balaban J connectivity index is 1.54. The van der Waals surface area contributed by atoms with Crippen molar-refractivity contribution in [3.05, 3.63) is 82.9 Å². The Hall–Kier alpha value is -3.42. The van der Waals surface area contributed by atoms with Gasteiger partial charge in [-0.2, -0.15) is 0 Å². The molecule has 6 nitrogen and oxygen atoms in total. The van der Waals surface area contributed by atoms with Crippen LogP contribution in [0.4, 0.5) is 21.6 Å². The summed E-state index contributed by atoms with van der Waals surface area (Å²) in [6.45, 7) is 0.616. The lowest BCUT2D eigenvalue weighted by Gasteiger charge is -2.13. The van der Waals surface area contributed by atoms with E-state index >= 15 is 0 Å². The van der Waals surface area contributed by atoms with Crippen molar-refractivity contribution in [3.8, 4) is 5.75 Å². The Bertz CT molecular complexity index is 1240. The number of rotatable bonds is 7. The van der Waals surface area contributed by atoms with Crippen molar-refractivity contribution in [2.24, 2.45) is 0 Å². The predicted octanol–water partition coefficient (Wildman–Crippen LogP) is 5.47. The SMILES string of the molecule is COCc1cc2ncnc(Nc3ccc(OCc4cccc(F)c4)c(Cl)c3)c2cc1N. The Morgan fingerprint density at radius 2 is 1.94 bits per heavy atom. The van der Waals surface area contributed by atoms with E-state index in [1.54, 1.807) is 31.4 Å². The van der Waals surface area contributed by atoms with Gasteiger partial charge in [-0.15, -0.1) is 0 Å². The molecular formula is C23H20ClFN4O2. The summed E-state index contributed by atoms with van der Waals surface area (Å²) < 4.78 is 24.2. The van der Waals surface area contributed by atoms with E-state index in [0.717, 1.165) is 27.7 Å². The molecule has 0 amide bonds. The van der Waals surface area contributed by atoms with Crippen molar-refractivity contribution in [1.82, 2.24) is 9.97 Å². The average Bonchev–Trinajstić information content (AvgIpc) is 2.74. The second kappa shape index (κ2) is 9.16. The quantitative estimate of drug-likeness (QED) is 0.372. The normalized spacial score (nSPS) is 10.9. The number of nitrogen functional groups attached to an aromatic ring is 1. The van der Waals surface area contributed by atoms with Crippen molar-refractivity contribution >= 4 is 39.7 Å². The molecule has 31 heavy (non-hydrogen) atoms. The summed E-state index contributed by atoms with van der Waals surface area (Å²) in [7, 11) is 1.62. The fraction of sp³-hybridized carbons (Fsp3) is 0.130. The number of halogens is 2. The molecule has 0 radical (unpaired) electrons. The fourth-order valence-electron chi connectivity index (χ4n) is 3.16. The molecule has 0 spiro atoms. The molecule has 3 aromatic carbocycles. The Labute approximate surface area is 183 Å². The third kappa shape index (κ3) is 4.84. The minimum Gasteiger partial charge on any atom is -0.487 e. The number of benzene rings is 3. The fourth-order valence-corrected chi connectivity index (χ4v) is 3.40. The average molecular weight is 439 g/mol. The zero-order valence-corrected chi connectivity index (χ0v) is 17.5. The second-order valence-electron chi connectivity index (χ2n) is 6.91. The van der Waals surface area contributed by atoms with Crippen LogP contribution in [-0.2, 0) is 18.0 Å². The maximum atomic E-state index is 13.3. The van der Waals surface area contributed by atoms with E-state index < -0.39 is 0 Å². The van der Waals surface area contributed by atoms with Crippen LogP contribution >= 0.6 is 11.6 Å². The van der Waals surface area contributed by atoms with Crippen molar-refractivity contribution < 1.29 is 13.9 Å². The van der Waals surface area contributed by atoms with Gasteiger partial charge < -0.3 is 20.5 Å². The van der Waals surface area contributed by atoms with Crippen molar-refractivity contribution in [2.75, 3.05) is 18.2 Å². The summed E-state index contributed by atoms with van der Waals surface area (Å²) in [4.78, 5) is 8.66. The molecule has 0 fully saturated rings. The van der Waals surface area contributed by atoms with Crippen LogP contribution in [0.1, 0.15) is 11.1 Å². The molecule has 0 atom stereocenters. The molecule has 0 saturated heterocycles. The van der Waals surface area contributed by atoms with Crippen LogP contribution in [0.2, 0.25) is 5.02 Å². The van der Waals surface area contributed by atoms with Crippen molar-refractivity contribution in [1.29, 1.82) is 0 Å². The third-order valence-electron chi connectivity index (χ3n) is 4.67. The summed E-state index contributed by atoms with van der Waals surface area (Å²) in [6.07, 6.45) is 1.48. The zero-order valence-electron chi connectivity index (χ0n) is 16.7. The number of hydrogen-bond donors (Lipinski definition) is 2. The largest absolute Gasteiger partial charge is 0.487 e. The number of nitrogens with two attached hydrogens (primary N) is 1. The maximum Gasteiger partial charge on any atom is 0.141 e. The summed E-state index contributed by atoms with van der Waals surface area (Å²) in [5.74, 6) is 0.793. The van der Waals surface area contributed by atoms with Crippen LogP contribution in [0.3, 0.4) is 0 Å². The van der Waals surface area contributed by atoms with Gasteiger partial charge in [0.15, 0.2) is 0 Å². The Morgan fingerprint density at radius 3 is 2.71 bits per heavy atom. The predicted molar refractivity (Wildman–Crippen MR) is 120 cm³/mol. The molecule has 0 aliphatic heterocycles. The highest BCUT2D eigenvalue weighted by Gasteiger charge is 2.10. The molecule has 4 rings (SSSR count). The van der Waals surface area contributed by atoms with E-state index in [4.69, 9.17) is 26.8 Å². The van der Waals surface area contributed by atoms with E-state index in [2.05, 4.69) is 15.3 Å². The van der Waals surface area contributed by atoms with E-state index in [-0.39, 0.29) is 12.4 Å². The monoisotopic (exact) mass is 438 g/mol. The molecule has 1 heterocycles. The first kappa shape index (κ1) is 20.8. The number of ether oxygens (including phenoxy) is 2. The first-order valence-electron chi connectivity index (χ1n) is 9.49. The van der Waals surface area contributed by atoms with Crippen LogP contribution in [0.15, 0.2) is 60.9 Å². The summed E-state index contributed by atoms with van der Waals surface area (Å²) in [5.41, 5.74) is 9.80. The van der Waals surface area contributed by atoms with Gasteiger partial charge in [-0.1, -0.05) is 23.7 Å². The zero-order chi connectivity index (χ0) is 21.8. The topological polar surface area (TPSA) is 82.3 Å². The molecule has 0 saturated carbocycles. The Morgan fingerprint density at radius 1 is 1.06 bits per heavy atom. The van der Waals surface area contributed by atoms with Gasteiger partial charge in [0.1, 0.15) is 30.3 Å². The highest BCUT2D eigenvalue weighted by molar-refractivity contribution is 6.32. The number of anilines is 3. The molecule has 0 aliphatic carbocycles. The summed E-state index contributed by atoms with van der Waals surface area (Å²) in [5, 5.41) is 4.45. The molecule has 3 N–H and O–H groups in total. The molecule has 0 bridgehead atoms. The van der Waals surface area contributed by atoms with Gasteiger partial charge in [0.25, 0.3) is 0 Å². The van der Waals surface area contributed by atoms with Gasteiger partial charge in [-0.25, -0.2) is 14.4 Å². The number of methoxy groups -OCH3 is 1. The lowest BCUT2D eigenvalue weighted by Crippen LogP contribution is -2.01. The van der Waals surface area contributed by atoms with E-state index in [1.165, 1.54) is 18.5 Å². The van der Waals surface area contributed by atoms with Crippen molar-refractivity contribution in [3.63, 3.8) is 0 Å². The molecule has 0 aliphatic rings. The van der Waals surface area contributed by atoms with Gasteiger partial charge in [0.2, 0.25) is 0 Å². The van der Waals surface area contributed by atoms with Crippen LogP contribution in [-0.4, -0.2) is 17.1 Å².